The first-order valence-electron chi connectivity index (χ1n) is 2.52. The van der Waals surface area contributed by atoms with E-state index in [4.69, 9.17) is 0 Å². The molecule has 0 aromatic rings. The predicted octanol–water partition coefficient (Wildman–Crippen LogP) is 0.800. The Morgan fingerprint density at radius 3 is 2.62 bits per heavy atom. The van der Waals surface area contributed by atoms with Crippen molar-refractivity contribution in [2.24, 2.45) is 0 Å². The Hall–Kier alpha value is -0.920. The van der Waals surface area contributed by atoms with Crippen molar-refractivity contribution < 1.29 is 0 Å². The minimum atomic E-state index is 1.06. The second-order valence-corrected chi connectivity index (χ2v) is 1.46. The molecular formula is C6H12N2. The average molecular weight is 112 g/mol. The summed E-state index contributed by atoms with van der Waals surface area (Å²) in [4.78, 5) is 0. The van der Waals surface area contributed by atoms with Crippen LogP contribution < -0.4 is 10.6 Å². The van der Waals surface area contributed by atoms with Crippen LogP contribution in [0.15, 0.2) is 24.7 Å². The lowest BCUT2D eigenvalue weighted by Crippen LogP contribution is -2.04. The molecule has 0 aliphatic carbocycles. The van der Waals surface area contributed by atoms with Crippen LogP contribution in [0.5, 0.6) is 0 Å². The fourth-order valence-electron chi connectivity index (χ4n) is 0.419. The molecule has 0 aliphatic heterocycles. The third-order valence-corrected chi connectivity index (χ3v) is 0.691. The van der Waals surface area contributed by atoms with Crippen molar-refractivity contribution in [2.75, 3.05) is 7.05 Å². The summed E-state index contributed by atoms with van der Waals surface area (Å²) in [7, 11) is 1.86. The molecule has 0 unspecified atom stereocenters. The smallest absolute Gasteiger partial charge is 0.0274 e. The van der Waals surface area contributed by atoms with Crippen LogP contribution >= 0.6 is 0 Å². The summed E-state index contributed by atoms with van der Waals surface area (Å²) in [6.07, 6.45) is 3.50. The van der Waals surface area contributed by atoms with Crippen molar-refractivity contribution in [3.05, 3.63) is 24.7 Å². The maximum Gasteiger partial charge on any atom is 0.0274 e. The van der Waals surface area contributed by atoms with E-state index < -0.39 is 0 Å². The third-order valence-electron chi connectivity index (χ3n) is 0.691. The molecule has 8 heavy (non-hydrogen) atoms. The van der Waals surface area contributed by atoms with Crippen LogP contribution in [0.1, 0.15) is 6.92 Å². The Morgan fingerprint density at radius 2 is 2.25 bits per heavy atom. The van der Waals surface area contributed by atoms with Gasteiger partial charge in [-0.25, -0.2) is 0 Å². The van der Waals surface area contributed by atoms with Crippen molar-refractivity contribution in [3.63, 3.8) is 0 Å². The van der Waals surface area contributed by atoms with E-state index in [1.54, 1.807) is 6.20 Å². The molecule has 0 saturated heterocycles. The number of rotatable bonds is 3. The summed E-state index contributed by atoms with van der Waals surface area (Å²) in [5, 5.41) is 5.79. The second kappa shape index (κ2) is 4.24. The van der Waals surface area contributed by atoms with E-state index in [1.165, 1.54) is 0 Å². The summed E-state index contributed by atoms with van der Waals surface area (Å²) in [6.45, 7) is 5.46. The van der Waals surface area contributed by atoms with Crippen LogP contribution in [0.3, 0.4) is 0 Å². The first-order chi connectivity index (χ1) is 3.81. The van der Waals surface area contributed by atoms with E-state index in [-0.39, 0.29) is 0 Å². The Kier molecular flexibility index (Phi) is 3.76. The van der Waals surface area contributed by atoms with Crippen LogP contribution in [0, 0.1) is 0 Å². The number of nitrogens with one attached hydrogen (secondary N) is 2. The van der Waals surface area contributed by atoms with Gasteiger partial charge in [0, 0.05) is 18.9 Å². The normalized spacial score (nSPS) is 10.5. The largest absolute Gasteiger partial charge is 0.393 e. The van der Waals surface area contributed by atoms with Gasteiger partial charge < -0.3 is 10.6 Å². The Bertz CT molecular complexity index is 94.7. The van der Waals surface area contributed by atoms with Gasteiger partial charge in [-0.3, -0.25) is 0 Å². The molecule has 0 aromatic carbocycles. The van der Waals surface area contributed by atoms with Gasteiger partial charge >= 0.3 is 0 Å². The molecule has 0 radical (unpaired) electrons. The van der Waals surface area contributed by atoms with E-state index >= 15 is 0 Å². The molecule has 0 aliphatic rings. The van der Waals surface area contributed by atoms with Gasteiger partial charge in [-0.1, -0.05) is 6.58 Å². The SMILES string of the molecule is C=CN/C(C)=C\NC. The fraction of sp³-hybridized carbons (Fsp3) is 0.333. The van der Waals surface area contributed by atoms with E-state index in [0.717, 1.165) is 5.70 Å². The van der Waals surface area contributed by atoms with Gasteiger partial charge in [-0.15, -0.1) is 0 Å². The highest BCUT2D eigenvalue weighted by Gasteiger charge is 1.75. The number of hydrogen-bond donors (Lipinski definition) is 2. The standard InChI is InChI=1S/C6H12N2/c1-4-8-6(2)5-7-3/h4-5,7-8H,1H2,2-3H3/b6-5-. The van der Waals surface area contributed by atoms with Crippen molar-refractivity contribution in [1.29, 1.82) is 0 Å². The number of hydrogen-bond acceptors (Lipinski definition) is 2. The van der Waals surface area contributed by atoms with E-state index in [2.05, 4.69) is 17.2 Å². The maximum absolute atomic E-state index is 3.50. The third kappa shape index (κ3) is 3.28. The van der Waals surface area contributed by atoms with Gasteiger partial charge in [-0.05, 0) is 13.1 Å². The van der Waals surface area contributed by atoms with Crippen LogP contribution in [0.25, 0.3) is 0 Å². The minimum absolute atomic E-state index is 1.06. The molecule has 0 fully saturated rings. The summed E-state index contributed by atoms with van der Waals surface area (Å²) >= 11 is 0. The lowest BCUT2D eigenvalue weighted by Gasteiger charge is -1.96. The molecule has 0 rings (SSSR count). The quantitative estimate of drug-likeness (QED) is 0.564. The summed E-state index contributed by atoms with van der Waals surface area (Å²) in [5.74, 6) is 0. The first-order valence-corrected chi connectivity index (χ1v) is 2.52. The van der Waals surface area contributed by atoms with E-state index in [1.807, 2.05) is 20.2 Å². The summed E-state index contributed by atoms with van der Waals surface area (Å²) < 4.78 is 0. The van der Waals surface area contributed by atoms with Crippen LogP contribution in [0.2, 0.25) is 0 Å². The van der Waals surface area contributed by atoms with Crippen LogP contribution in [-0.2, 0) is 0 Å². The second-order valence-electron chi connectivity index (χ2n) is 1.46. The molecule has 46 valence electrons. The van der Waals surface area contributed by atoms with E-state index in [9.17, 15) is 0 Å². The number of allylic oxidation sites excluding steroid dienone is 1. The zero-order valence-corrected chi connectivity index (χ0v) is 5.36. The predicted molar refractivity (Wildman–Crippen MR) is 36.1 cm³/mol. The highest BCUT2D eigenvalue weighted by molar-refractivity contribution is 4.96. The highest BCUT2D eigenvalue weighted by atomic mass is 14.9. The minimum Gasteiger partial charge on any atom is -0.393 e. The summed E-state index contributed by atoms with van der Waals surface area (Å²) in [6, 6.07) is 0. The van der Waals surface area contributed by atoms with Crippen molar-refractivity contribution in [1.82, 2.24) is 10.6 Å². The molecule has 2 heteroatoms. The molecule has 0 aromatic heterocycles. The van der Waals surface area contributed by atoms with Gasteiger partial charge in [0.15, 0.2) is 0 Å². The Balaban J connectivity index is 3.44. The zero-order valence-electron chi connectivity index (χ0n) is 5.36. The van der Waals surface area contributed by atoms with Crippen LogP contribution in [0.4, 0.5) is 0 Å². The summed E-state index contributed by atoms with van der Waals surface area (Å²) in [5.41, 5.74) is 1.06. The van der Waals surface area contributed by atoms with Crippen molar-refractivity contribution >= 4 is 0 Å². The zero-order chi connectivity index (χ0) is 6.41. The van der Waals surface area contributed by atoms with Crippen molar-refractivity contribution in [2.45, 2.75) is 6.92 Å². The molecule has 0 bridgehead atoms. The molecule has 2 nitrogen and oxygen atoms in total. The molecule has 0 spiro atoms. The Morgan fingerprint density at radius 1 is 1.62 bits per heavy atom. The fourth-order valence-corrected chi connectivity index (χ4v) is 0.419. The van der Waals surface area contributed by atoms with E-state index in [0.29, 0.717) is 0 Å². The molecule has 0 atom stereocenters. The van der Waals surface area contributed by atoms with Gasteiger partial charge in [0.25, 0.3) is 0 Å². The molecule has 2 N–H and O–H groups in total. The van der Waals surface area contributed by atoms with Gasteiger partial charge in [-0.2, -0.15) is 0 Å². The van der Waals surface area contributed by atoms with Crippen LogP contribution in [-0.4, -0.2) is 7.05 Å². The van der Waals surface area contributed by atoms with Gasteiger partial charge in [0.2, 0.25) is 0 Å². The maximum atomic E-state index is 3.50. The van der Waals surface area contributed by atoms with Crippen molar-refractivity contribution in [3.8, 4) is 0 Å². The molecule has 0 heterocycles. The average Bonchev–Trinajstić information content (AvgIpc) is 1.68. The molecular weight excluding hydrogens is 100 g/mol. The van der Waals surface area contributed by atoms with Gasteiger partial charge in [0.05, 0.1) is 0 Å². The molecule has 0 saturated carbocycles. The lowest BCUT2D eigenvalue weighted by molar-refractivity contribution is 0.987. The lowest BCUT2D eigenvalue weighted by atomic mass is 10.5. The topological polar surface area (TPSA) is 24.1 Å². The molecule has 0 amide bonds. The van der Waals surface area contributed by atoms with Gasteiger partial charge in [0.1, 0.15) is 0 Å². The highest BCUT2D eigenvalue weighted by Crippen LogP contribution is 1.79. The Labute approximate surface area is 50.3 Å². The monoisotopic (exact) mass is 112 g/mol. The first kappa shape index (κ1) is 7.08.